The molecule has 3 aromatic heterocycles. The van der Waals surface area contributed by atoms with Crippen LogP contribution in [-0.2, 0) is 19.5 Å². The fourth-order valence-corrected chi connectivity index (χ4v) is 4.71. The molecular weight excluding hydrogens is 410 g/mol. The van der Waals surface area contributed by atoms with E-state index in [-0.39, 0.29) is 5.56 Å². The molecule has 0 amide bonds. The van der Waals surface area contributed by atoms with Crippen molar-refractivity contribution in [1.29, 1.82) is 0 Å². The summed E-state index contributed by atoms with van der Waals surface area (Å²) in [7, 11) is 0. The lowest BCUT2D eigenvalue weighted by molar-refractivity contribution is 0.242. The molecule has 162 valence electrons. The predicted molar refractivity (Wildman–Crippen MR) is 130 cm³/mol. The van der Waals surface area contributed by atoms with Gasteiger partial charge in [-0.05, 0) is 35.7 Å². The number of nitrogens with zero attached hydrogens (tertiary/aromatic N) is 3. The van der Waals surface area contributed by atoms with Crippen molar-refractivity contribution in [2.24, 2.45) is 0 Å². The van der Waals surface area contributed by atoms with E-state index >= 15 is 0 Å². The highest BCUT2D eigenvalue weighted by molar-refractivity contribution is 5.90. The van der Waals surface area contributed by atoms with Gasteiger partial charge < -0.3 is 9.97 Å². The van der Waals surface area contributed by atoms with Gasteiger partial charge in [-0.3, -0.25) is 14.7 Å². The normalized spacial score (nSPS) is 13.8. The average molecular weight is 434 g/mol. The zero-order chi connectivity index (χ0) is 22.2. The van der Waals surface area contributed by atoms with Crippen molar-refractivity contribution in [1.82, 2.24) is 24.8 Å². The second-order valence-corrected chi connectivity index (χ2v) is 8.43. The Morgan fingerprint density at radius 2 is 1.67 bits per heavy atom. The first-order valence-corrected chi connectivity index (χ1v) is 11.2. The van der Waals surface area contributed by atoms with Crippen LogP contribution in [0, 0.1) is 0 Å². The van der Waals surface area contributed by atoms with Crippen LogP contribution in [0.2, 0.25) is 0 Å². The van der Waals surface area contributed by atoms with Gasteiger partial charge in [-0.2, -0.15) is 0 Å². The van der Waals surface area contributed by atoms with Gasteiger partial charge in [0.15, 0.2) is 0 Å². The van der Waals surface area contributed by atoms with Crippen LogP contribution in [0.3, 0.4) is 0 Å². The van der Waals surface area contributed by atoms with Gasteiger partial charge in [-0.25, -0.2) is 4.98 Å². The maximum absolute atomic E-state index is 12.8. The van der Waals surface area contributed by atoms with Crippen molar-refractivity contribution < 1.29 is 0 Å². The van der Waals surface area contributed by atoms with Crippen LogP contribution < -0.4 is 5.56 Å². The number of aromatic nitrogens is 4. The summed E-state index contributed by atoms with van der Waals surface area (Å²) in [5.74, 6) is 0.597. The summed E-state index contributed by atoms with van der Waals surface area (Å²) in [5.41, 5.74) is 7.23. The summed E-state index contributed by atoms with van der Waals surface area (Å²) < 4.78 is 0. The smallest absolute Gasteiger partial charge is 0.254 e. The fourth-order valence-electron chi connectivity index (χ4n) is 4.71. The first-order chi connectivity index (χ1) is 16.3. The van der Waals surface area contributed by atoms with Gasteiger partial charge in [0.1, 0.15) is 5.82 Å². The number of hydrogen-bond donors (Lipinski definition) is 2. The minimum absolute atomic E-state index is 0.0384. The van der Waals surface area contributed by atoms with Crippen LogP contribution in [0.15, 0.2) is 83.9 Å². The summed E-state index contributed by atoms with van der Waals surface area (Å²) in [6, 6.07) is 22.6. The van der Waals surface area contributed by atoms with Crippen molar-refractivity contribution in [3.63, 3.8) is 0 Å². The summed E-state index contributed by atoms with van der Waals surface area (Å²) >= 11 is 0. The highest BCUT2D eigenvalue weighted by Crippen LogP contribution is 2.32. The van der Waals surface area contributed by atoms with Gasteiger partial charge in [-0.15, -0.1) is 0 Å². The Bertz CT molecular complexity index is 1490. The molecule has 0 unspecified atom stereocenters. The number of rotatable bonds is 4. The van der Waals surface area contributed by atoms with Crippen LogP contribution in [0.5, 0.6) is 0 Å². The van der Waals surface area contributed by atoms with Gasteiger partial charge in [0.25, 0.3) is 5.56 Å². The number of fused-ring (bicyclic) bond motifs is 2. The Hall–Kier alpha value is -4.03. The lowest BCUT2D eigenvalue weighted by Gasteiger charge is -2.28. The van der Waals surface area contributed by atoms with E-state index in [0.717, 1.165) is 41.1 Å². The highest BCUT2D eigenvalue weighted by atomic mass is 16.1. The molecule has 6 nitrogen and oxygen atoms in total. The molecule has 0 spiro atoms. The van der Waals surface area contributed by atoms with E-state index in [4.69, 9.17) is 4.98 Å². The third kappa shape index (κ3) is 3.64. The second-order valence-electron chi connectivity index (χ2n) is 8.43. The molecule has 0 radical (unpaired) electrons. The molecule has 5 aromatic rings. The number of H-pyrrole nitrogens is 2. The van der Waals surface area contributed by atoms with E-state index in [1.165, 1.54) is 16.5 Å². The maximum atomic E-state index is 12.8. The molecule has 0 bridgehead atoms. The molecule has 0 fully saturated rings. The largest absolute Gasteiger partial charge is 0.354 e. The van der Waals surface area contributed by atoms with E-state index in [2.05, 4.69) is 68.4 Å². The summed E-state index contributed by atoms with van der Waals surface area (Å²) in [6.45, 7) is 2.25. The number of benzene rings is 2. The highest BCUT2D eigenvalue weighted by Gasteiger charge is 2.23. The number of hydrogen-bond acceptors (Lipinski definition) is 4. The molecule has 0 aliphatic carbocycles. The van der Waals surface area contributed by atoms with E-state index in [1.807, 2.05) is 18.2 Å². The first kappa shape index (κ1) is 19.6. The average Bonchev–Trinajstić information content (AvgIpc) is 3.23. The lowest BCUT2D eigenvalue weighted by Crippen LogP contribution is -2.35. The Morgan fingerprint density at radius 1 is 0.879 bits per heavy atom. The van der Waals surface area contributed by atoms with Crippen molar-refractivity contribution in [2.45, 2.75) is 19.5 Å². The summed E-state index contributed by atoms with van der Waals surface area (Å²) in [5, 5.41) is 1.23. The Morgan fingerprint density at radius 3 is 2.52 bits per heavy atom. The maximum Gasteiger partial charge on any atom is 0.254 e. The van der Waals surface area contributed by atoms with Crippen molar-refractivity contribution in [3.05, 3.63) is 106 Å². The van der Waals surface area contributed by atoms with Gasteiger partial charge in [0.2, 0.25) is 0 Å². The summed E-state index contributed by atoms with van der Waals surface area (Å²) in [4.78, 5) is 30.6. The van der Waals surface area contributed by atoms with E-state index in [9.17, 15) is 4.79 Å². The molecule has 1 aliphatic rings. The molecule has 0 saturated carbocycles. The van der Waals surface area contributed by atoms with Crippen molar-refractivity contribution >= 4 is 10.9 Å². The van der Waals surface area contributed by atoms with Gasteiger partial charge >= 0.3 is 0 Å². The molecule has 0 saturated heterocycles. The fraction of sp³-hybridized carbons (Fsp3) is 0.148. The quantitative estimate of drug-likeness (QED) is 0.436. The molecule has 0 atom stereocenters. The van der Waals surface area contributed by atoms with Crippen LogP contribution in [0.4, 0.5) is 0 Å². The summed E-state index contributed by atoms with van der Waals surface area (Å²) in [6.07, 6.45) is 4.11. The zero-order valence-corrected chi connectivity index (χ0v) is 18.1. The monoisotopic (exact) mass is 433 g/mol. The third-order valence-electron chi connectivity index (χ3n) is 6.36. The first-order valence-electron chi connectivity index (χ1n) is 11.2. The standard InChI is InChI=1S/C27H23N5O/c33-27-21-12-15-32(17-24(21)30-26(31-27)19-10-13-28-14-11-19)16-22-20-8-4-5-9-23(20)29-25(22)18-6-2-1-3-7-18/h1-11,13-14,29H,12,15-17H2,(H,30,31,33). The van der Waals surface area contributed by atoms with Crippen LogP contribution in [-0.4, -0.2) is 31.4 Å². The minimum Gasteiger partial charge on any atom is -0.354 e. The van der Waals surface area contributed by atoms with Crippen LogP contribution >= 0.6 is 0 Å². The molecule has 4 heterocycles. The number of nitrogens with one attached hydrogen (secondary N) is 2. The molecule has 6 rings (SSSR count). The van der Waals surface area contributed by atoms with E-state index in [1.54, 1.807) is 12.4 Å². The molecular formula is C27H23N5O. The van der Waals surface area contributed by atoms with E-state index in [0.29, 0.717) is 18.8 Å². The van der Waals surface area contributed by atoms with Gasteiger partial charge in [0, 0.05) is 54.1 Å². The third-order valence-corrected chi connectivity index (χ3v) is 6.36. The van der Waals surface area contributed by atoms with Crippen molar-refractivity contribution in [2.75, 3.05) is 6.54 Å². The van der Waals surface area contributed by atoms with Crippen LogP contribution in [0.1, 0.15) is 16.8 Å². The zero-order valence-electron chi connectivity index (χ0n) is 18.1. The SMILES string of the molecule is O=c1[nH]c(-c2ccncc2)nc2c1CCN(Cc1c(-c3ccccc3)[nH]c3ccccc13)C2. The Balaban J connectivity index is 1.37. The Kier molecular flexibility index (Phi) is 4.85. The number of para-hydroxylation sites is 1. The van der Waals surface area contributed by atoms with Gasteiger partial charge in [0.05, 0.1) is 11.4 Å². The van der Waals surface area contributed by atoms with E-state index < -0.39 is 0 Å². The van der Waals surface area contributed by atoms with Gasteiger partial charge in [-0.1, -0.05) is 48.5 Å². The number of pyridine rings is 1. The van der Waals surface area contributed by atoms with Crippen molar-refractivity contribution in [3.8, 4) is 22.6 Å². The predicted octanol–water partition coefficient (Wildman–Crippen LogP) is 4.54. The molecule has 33 heavy (non-hydrogen) atoms. The topological polar surface area (TPSA) is 77.7 Å². The molecule has 1 aliphatic heterocycles. The van der Waals surface area contributed by atoms with Crippen LogP contribution in [0.25, 0.3) is 33.5 Å². The second kappa shape index (κ2) is 8.15. The Labute approximate surface area is 191 Å². The minimum atomic E-state index is -0.0384. The molecule has 2 N–H and O–H groups in total. The molecule has 6 heteroatoms. The number of aromatic amines is 2. The molecule has 2 aromatic carbocycles. The lowest BCUT2D eigenvalue weighted by atomic mass is 10.0.